The molecule has 0 atom stereocenters. The predicted octanol–water partition coefficient (Wildman–Crippen LogP) is 4.70. The molecule has 0 saturated carbocycles. The van der Waals surface area contributed by atoms with Gasteiger partial charge in [-0.25, -0.2) is 0 Å². The van der Waals surface area contributed by atoms with Gasteiger partial charge in [0.1, 0.15) is 5.75 Å². The first-order valence-electron chi connectivity index (χ1n) is 9.85. The normalized spacial score (nSPS) is 15.4. The molecule has 160 valence electrons. The lowest BCUT2D eigenvalue weighted by atomic mass is 10.0. The number of nitrogens with zero attached hydrogens (tertiary/aromatic N) is 1. The quantitative estimate of drug-likeness (QED) is 0.353. The van der Waals surface area contributed by atoms with E-state index in [1.54, 1.807) is 24.3 Å². The molecule has 0 radical (unpaired) electrons. The standard InChI is InChI=1S/C23H24F3NO3/c24-23(25,26)21-8-2-1-5-18(21)9-10-22(28)19-6-3-7-20(17-19)30-14-4-11-27-12-15-29-16-13-27/h1-3,5-10,17H,4,11-16H2/b10-9+. The Labute approximate surface area is 173 Å². The number of morpholine rings is 1. The van der Waals surface area contributed by atoms with E-state index in [0.29, 0.717) is 17.9 Å². The van der Waals surface area contributed by atoms with Gasteiger partial charge in [-0.2, -0.15) is 13.2 Å². The molecule has 7 heteroatoms. The molecule has 3 rings (SSSR count). The molecule has 0 aliphatic carbocycles. The van der Waals surface area contributed by atoms with E-state index in [2.05, 4.69) is 4.90 Å². The molecule has 1 fully saturated rings. The minimum atomic E-state index is -4.47. The van der Waals surface area contributed by atoms with Crippen molar-refractivity contribution in [3.05, 3.63) is 71.3 Å². The topological polar surface area (TPSA) is 38.8 Å². The molecular weight excluding hydrogens is 395 g/mol. The van der Waals surface area contributed by atoms with Gasteiger partial charge in [-0.3, -0.25) is 9.69 Å². The van der Waals surface area contributed by atoms with Gasteiger partial charge in [0, 0.05) is 25.2 Å². The smallest absolute Gasteiger partial charge is 0.416 e. The Morgan fingerprint density at radius 1 is 1.10 bits per heavy atom. The summed E-state index contributed by atoms with van der Waals surface area (Å²) in [6.07, 6.45) is -1.27. The number of benzene rings is 2. The van der Waals surface area contributed by atoms with Gasteiger partial charge >= 0.3 is 6.18 Å². The predicted molar refractivity (Wildman–Crippen MR) is 109 cm³/mol. The SMILES string of the molecule is O=C(/C=C/c1ccccc1C(F)(F)F)c1cccc(OCCCN2CCOCC2)c1. The van der Waals surface area contributed by atoms with Crippen LogP contribution in [0.1, 0.15) is 27.9 Å². The molecule has 2 aromatic rings. The molecule has 1 saturated heterocycles. The van der Waals surface area contributed by atoms with Gasteiger partial charge in [0.2, 0.25) is 0 Å². The minimum Gasteiger partial charge on any atom is -0.494 e. The number of hydrogen-bond acceptors (Lipinski definition) is 4. The van der Waals surface area contributed by atoms with Crippen molar-refractivity contribution in [3.63, 3.8) is 0 Å². The summed E-state index contributed by atoms with van der Waals surface area (Å²) in [5, 5.41) is 0. The van der Waals surface area contributed by atoms with Crippen molar-refractivity contribution in [2.45, 2.75) is 12.6 Å². The molecule has 1 aliphatic heterocycles. The molecule has 4 nitrogen and oxygen atoms in total. The molecule has 1 aliphatic rings. The van der Waals surface area contributed by atoms with Crippen molar-refractivity contribution in [1.82, 2.24) is 4.90 Å². The van der Waals surface area contributed by atoms with Crippen LogP contribution in [0.25, 0.3) is 6.08 Å². The Morgan fingerprint density at radius 2 is 1.87 bits per heavy atom. The molecule has 0 N–H and O–H groups in total. The molecule has 0 bridgehead atoms. The fourth-order valence-electron chi connectivity index (χ4n) is 3.20. The summed E-state index contributed by atoms with van der Waals surface area (Å²) in [5.74, 6) is 0.178. The van der Waals surface area contributed by atoms with E-state index < -0.39 is 11.7 Å². The molecule has 30 heavy (non-hydrogen) atoms. The van der Waals surface area contributed by atoms with Gasteiger partial charge in [0.15, 0.2) is 5.78 Å². The Balaban J connectivity index is 1.56. The lowest BCUT2D eigenvalue weighted by Crippen LogP contribution is -2.37. The lowest BCUT2D eigenvalue weighted by Gasteiger charge is -2.26. The van der Waals surface area contributed by atoms with E-state index in [9.17, 15) is 18.0 Å². The van der Waals surface area contributed by atoms with Crippen LogP contribution in [0.15, 0.2) is 54.6 Å². The van der Waals surface area contributed by atoms with E-state index in [4.69, 9.17) is 9.47 Å². The number of carbonyl (C=O) groups excluding carboxylic acids is 1. The average molecular weight is 419 g/mol. The first-order valence-corrected chi connectivity index (χ1v) is 9.85. The first-order chi connectivity index (χ1) is 14.4. The molecule has 0 unspecified atom stereocenters. The fourth-order valence-corrected chi connectivity index (χ4v) is 3.20. The highest BCUT2D eigenvalue weighted by Crippen LogP contribution is 2.32. The maximum Gasteiger partial charge on any atom is 0.416 e. The van der Waals surface area contributed by atoms with E-state index in [1.807, 2.05) is 0 Å². The van der Waals surface area contributed by atoms with Gasteiger partial charge in [-0.05, 0) is 36.3 Å². The number of ketones is 1. The summed E-state index contributed by atoms with van der Waals surface area (Å²) >= 11 is 0. The third-order valence-electron chi connectivity index (χ3n) is 4.79. The summed E-state index contributed by atoms with van der Waals surface area (Å²) in [4.78, 5) is 14.7. The summed E-state index contributed by atoms with van der Waals surface area (Å²) in [7, 11) is 0. The van der Waals surface area contributed by atoms with E-state index in [0.717, 1.165) is 51.4 Å². The third kappa shape index (κ3) is 6.43. The highest BCUT2D eigenvalue weighted by molar-refractivity contribution is 6.07. The number of alkyl halides is 3. The number of allylic oxidation sites excluding steroid dienone is 1. The second-order valence-corrected chi connectivity index (χ2v) is 6.97. The second kappa shape index (κ2) is 10.4. The molecular formula is C23H24F3NO3. The number of halogens is 3. The largest absolute Gasteiger partial charge is 0.494 e. The van der Waals surface area contributed by atoms with E-state index in [-0.39, 0.29) is 11.3 Å². The highest BCUT2D eigenvalue weighted by atomic mass is 19.4. The van der Waals surface area contributed by atoms with Gasteiger partial charge in [-0.15, -0.1) is 0 Å². The zero-order valence-electron chi connectivity index (χ0n) is 16.5. The Morgan fingerprint density at radius 3 is 2.63 bits per heavy atom. The van der Waals surface area contributed by atoms with Crippen molar-refractivity contribution in [1.29, 1.82) is 0 Å². The van der Waals surface area contributed by atoms with Crippen LogP contribution in [-0.2, 0) is 10.9 Å². The zero-order valence-corrected chi connectivity index (χ0v) is 16.5. The monoisotopic (exact) mass is 419 g/mol. The maximum absolute atomic E-state index is 13.1. The van der Waals surface area contributed by atoms with Crippen molar-refractivity contribution in [2.75, 3.05) is 39.5 Å². The Bertz CT molecular complexity index is 874. The van der Waals surface area contributed by atoms with Crippen LogP contribution in [0.4, 0.5) is 13.2 Å². The van der Waals surface area contributed by atoms with Crippen LogP contribution in [0.2, 0.25) is 0 Å². The Hall–Kier alpha value is -2.64. The highest BCUT2D eigenvalue weighted by Gasteiger charge is 2.32. The second-order valence-electron chi connectivity index (χ2n) is 6.97. The van der Waals surface area contributed by atoms with Crippen molar-refractivity contribution < 1.29 is 27.4 Å². The molecule has 1 heterocycles. The van der Waals surface area contributed by atoms with Crippen molar-refractivity contribution >= 4 is 11.9 Å². The number of hydrogen-bond donors (Lipinski definition) is 0. The van der Waals surface area contributed by atoms with Crippen LogP contribution >= 0.6 is 0 Å². The Kier molecular flexibility index (Phi) is 7.65. The first kappa shape index (κ1) is 22.1. The molecule has 2 aromatic carbocycles. The van der Waals surface area contributed by atoms with Gasteiger partial charge < -0.3 is 9.47 Å². The third-order valence-corrected chi connectivity index (χ3v) is 4.79. The van der Waals surface area contributed by atoms with E-state index in [1.165, 1.54) is 24.3 Å². The zero-order chi connectivity index (χ0) is 21.4. The average Bonchev–Trinajstić information content (AvgIpc) is 2.75. The minimum absolute atomic E-state index is 0.0473. The number of carbonyl (C=O) groups is 1. The van der Waals surface area contributed by atoms with Crippen LogP contribution in [-0.4, -0.2) is 50.1 Å². The summed E-state index contributed by atoms with van der Waals surface area (Å²) in [6, 6.07) is 11.8. The van der Waals surface area contributed by atoms with Crippen molar-refractivity contribution in [2.24, 2.45) is 0 Å². The molecule has 0 spiro atoms. The summed E-state index contributed by atoms with van der Waals surface area (Å²) in [5.41, 5.74) is -0.457. The van der Waals surface area contributed by atoms with Crippen LogP contribution < -0.4 is 4.74 Å². The summed E-state index contributed by atoms with van der Waals surface area (Å²) in [6.45, 7) is 4.80. The van der Waals surface area contributed by atoms with Crippen molar-refractivity contribution in [3.8, 4) is 5.75 Å². The number of ether oxygens (including phenoxy) is 2. The lowest BCUT2D eigenvalue weighted by molar-refractivity contribution is -0.137. The van der Waals surface area contributed by atoms with Gasteiger partial charge in [0.05, 0.1) is 25.4 Å². The molecule has 0 amide bonds. The van der Waals surface area contributed by atoms with Gasteiger partial charge in [-0.1, -0.05) is 36.4 Å². The fraction of sp³-hybridized carbons (Fsp3) is 0.348. The maximum atomic E-state index is 13.1. The molecule has 0 aromatic heterocycles. The van der Waals surface area contributed by atoms with Crippen LogP contribution in [0.5, 0.6) is 5.75 Å². The summed E-state index contributed by atoms with van der Waals surface area (Å²) < 4.78 is 50.3. The van der Waals surface area contributed by atoms with E-state index >= 15 is 0 Å². The van der Waals surface area contributed by atoms with Crippen LogP contribution in [0, 0.1) is 0 Å². The van der Waals surface area contributed by atoms with Gasteiger partial charge in [0.25, 0.3) is 0 Å². The number of rotatable bonds is 8. The van der Waals surface area contributed by atoms with Crippen LogP contribution in [0.3, 0.4) is 0 Å².